The molecule has 0 fully saturated rings. The summed E-state index contributed by atoms with van der Waals surface area (Å²) in [5.74, 6) is 0.681. The molecule has 0 radical (unpaired) electrons. The second-order valence-electron chi connectivity index (χ2n) is 2.74. The minimum atomic E-state index is -0.910. The summed E-state index contributed by atoms with van der Waals surface area (Å²) < 4.78 is 11.5. The molecule has 1 unspecified atom stereocenters. The summed E-state index contributed by atoms with van der Waals surface area (Å²) in [6.07, 6.45) is 1.69. The zero-order chi connectivity index (χ0) is 9.68. The molecule has 0 aliphatic carbocycles. The van der Waals surface area contributed by atoms with Crippen LogP contribution in [0.4, 0.5) is 0 Å². The van der Waals surface area contributed by atoms with E-state index < -0.39 is 10.8 Å². The highest BCUT2D eigenvalue weighted by atomic mass is 32.2. The SMILES string of the molecule is CCCS(=O)c1ccc(C=O)cc1. The van der Waals surface area contributed by atoms with Gasteiger partial charge in [0.2, 0.25) is 0 Å². The zero-order valence-corrected chi connectivity index (χ0v) is 8.34. The molecule has 0 heterocycles. The molecule has 0 aromatic heterocycles. The highest BCUT2D eigenvalue weighted by Crippen LogP contribution is 2.08. The molecular formula is C10H12O2S. The van der Waals surface area contributed by atoms with Crippen molar-refractivity contribution in [3.8, 4) is 0 Å². The van der Waals surface area contributed by atoms with Gasteiger partial charge in [0, 0.05) is 16.2 Å². The van der Waals surface area contributed by atoms with E-state index in [1.54, 1.807) is 24.3 Å². The van der Waals surface area contributed by atoms with Gasteiger partial charge in [-0.05, 0) is 18.6 Å². The molecule has 0 saturated heterocycles. The van der Waals surface area contributed by atoms with Gasteiger partial charge >= 0.3 is 0 Å². The van der Waals surface area contributed by atoms with Crippen LogP contribution in [0.2, 0.25) is 0 Å². The Kier molecular flexibility index (Phi) is 3.83. The largest absolute Gasteiger partial charge is 0.298 e. The van der Waals surface area contributed by atoms with Gasteiger partial charge in [0.1, 0.15) is 6.29 Å². The fourth-order valence-corrected chi connectivity index (χ4v) is 2.05. The summed E-state index contributed by atoms with van der Waals surface area (Å²) in [7, 11) is -0.910. The molecule has 70 valence electrons. The lowest BCUT2D eigenvalue weighted by Crippen LogP contribution is -1.96. The quantitative estimate of drug-likeness (QED) is 0.690. The molecule has 0 bridgehead atoms. The first kappa shape index (κ1) is 10.1. The summed E-state index contributed by atoms with van der Waals surface area (Å²) in [6.45, 7) is 2.00. The third-order valence-electron chi connectivity index (χ3n) is 1.67. The van der Waals surface area contributed by atoms with Gasteiger partial charge in [0.15, 0.2) is 0 Å². The Morgan fingerprint density at radius 2 is 1.92 bits per heavy atom. The summed E-state index contributed by atoms with van der Waals surface area (Å²) in [6, 6.07) is 6.87. The smallest absolute Gasteiger partial charge is 0.150 e. The van der Waals surface area contributed by atoms with E-state index in [-0.39, 0.29) is 0 Å². The van der Waals surface area contributed by atoms with Gasteiger partial charge in [0.05, 0.1) is 10.8 Å². The molecule has 1 rings (SSSR count). The Hall–Kier alpha value is -0.960. The van der Waals surface area contributed by atoms with Crippen molar-refractivity contribution in [2.45, 2.75) is 18.2 Å². The monoisotopic (exact) mass is 196 g/mol. The van der Waals surface area contributed by atoms with Crippen molar-refractivity contribution in [1.82, 2.24) is 0 Å². The van der Waals surface area contributed by atoms with Crippen molar-refractivity contribution in [3.63, 3.8) is 0 Å². The maximum atomic E-state index is 11.5. The van der Waals surface area contributed by atoms with Crippen molar-refractivity contribution in [2.75, 3.05) is 5.75 Å². The molecule has 2 nitrogen and oxygen atoms in total. The van der Waals surface area contributed by atoms with Gasteiger partial charge in [-0.1, -0.05) is 19.1 Å². The Labute approximate surface area is 80.4 Å². The summed E-state index contributed by atoms with van der Waals surface area (Å²) in [5.41, 5.74) is 0.622. The van der Waals surface area contributed by atoms with Crippen LogP contribution in [0.15, 0.2) is 29.2 Å². The van der Waals surface area contributed by atoms with Crippen LogP contribution in [0, 0.1) is 0 Å². The fraction of sp³-hybridized carbons (Fsp3) is 0.300. The maximum absolute atomic E-state index is 11.5. The van der Waals surface area contributed by atoms with Crippen LogP contribution in [0.3, 0.4) is 0 Å². The Morgan fingerprint density at radius 3 is 2.38 bits per heavy atom. The molecule has 1 aromatic rings. The first-order valence-corrected chi connectivity index (χ1v) is 5.53. The topological polar surface area (TPSA) is 34.1 Å². The lowest BCUT2D eigenvalue weighted by atomic mass is 10.2. The highest BCUT2D eigenvalue weighted by molar-refractivity contribution is 7.85. The molecule has 0 spiro atoms. The molecule has 13 heavy (non-hydrogen) atoms. The molecule has 0 saturated carbocycles. The van der Waals surface area contributed by atoms with E-state index in [0.717, 1.165) is 17.6 Å². The molecule has 0 aliphatic rings. The molecule has 1 aromatic carbocycles. The number of benzene rings is 1. The third-order valence-corrected chi connectivity index (χ3v) is 3.25. The fourth-order valence-electron chi connectivity index (χ4n) is 1.00. The summed E-state index contributed by atoms with van der Waals surface area (Å²) in [5, 5.41) is 0. The standard InChI is InChI=1S/C10H12O2S/c1-2-7-13(12)10-5-3-9(8-11)4-6-10/h3-6,8H,2,7H2,1H3. The normalized spacial score (nSPS) is 12.4. The number of aldehydes is 1. The van der Waals surface area contributed by atoms with Crippen molar-refractivity contribution in [1.29, 1.82) is 0 Å². The van der Waals surface area contributed by atoms with Crippen LogP contribution >= 0.6 is 0 Å². The molecular weight excluding hydrogens is 184 g/mol. The van der Waals surface area contributed by atoms with Crippen LogP contribution < -0.4 is 0 Å². The molecule has 1 atom stereocenters. The van der Waals surface area contributed by atoms with Crippen molar-refractivity contribution < 1.29 is 9.00 Å². The van der Waals surface area contributed by atoms with Crippen LogP contribution in [0.25, 0.3) is 0 Å². The Balaban J connectivity index is 2.79. The number of carbonyl (C=O) groups excluding carboxylic acids is 1. The van der Waals surface area contributed by atoms with E-state index in [9.17, 15) is 9.00 Å². The first-order chi connectivity index (χ1) is 6.27. The van der Waals surface area contributed by atoms with Crippen LogP contribution in [-0.4, -0.2) is 16.2 Å². The van der Waals surface area contributed by atoms with Gasteiger partial charge in [0.25, 0.3) is 0 Å². The van der Waals surface area contributed by atoms with Crippen molar-refractivity contribution in [3.05, 3.63) is 29.8 Å². The van der Waals surface area contributed by atoms with Crippen LogP contribution in [0.5, 0.6) is 0 Å². The minimum Gasteiger partial charge on any atom is -0.298 e. The number of hydrogen-bond donors (Lipinski definition) is 0. The molecule has 0 amide bonds. The van der Waals surface area contributed by atoms with Crippen LogP contribution in [0.1, 0.15) is 23.7 Å². The lowest BCUT2D eigenvalue weighted by molar-refractivity contribution is 0.112. The Morgan fingerprint density at radius 1 is 1.31 bits per heavy atom. The number of rotatable bonds is 4. The summed E-state index contributed by atoms with van der Waals surface area (Å²) in [4.78, 5) is 11.1. The van der Waals surface area contributed by atoms with Gasteiger partial charge < -0.3 is 0 Å². The zero-order valence-electron chi connectivity index (χ0n) is 7.53. The molecule has 0 N–H and O–H groups in total. The number of carbonyl (C=O) groups is 1. The van der Waals surface area contributed by atoms with E-state index in [1.165, 1.54) is 0 Å². The predicted molar refractivity (Wildman–Crippen MR) is 53.4 cm³/mol. The van der Waals surface area contributed by atoms with Crippen LogP contribution in [-0.2, 0) is 10.8 Å². The molecule has 0 aliphatic heterocycles. The van der Waals surface area contributed by atoms with E-state index in [2.05, 4.69) is 0 Å². The number of hydrogen-bond acceptors (Lipinski definition) is 2. The minimum absolute atomic E-state index is 0.622. The van der Waals surface area contributed by atoms with Gasteiger partial charge in [-0.25, -0.2) is 0 Å². The van der Waals surface area contributed by atoms with Gasteiger partial charge in [-0.15, -0.1) is 0 Å². The Bertz CT molecular complexity index is 303. The van der Waals surface area contributed by atoms with E-state index in [4.69, 9.17) is 0 Å². The van der Waals surface area contributed by atoms with E-state index in [1.807, 2.05) is 6.92 Å². The third kappa shape index (κ3) is 2.77. The lowest BCUT2D eigenvalue weighted by Gasteiger charge is -1.99. The second-order valence-corrected chi connectivity index (χ2v) is 4.31. The predicted octanol–water partition coefficient (Wildman–Crippen LogP) is 2.02. The average molecular weight is 196 g/mol. The second kappa shape index (κ2) is 4.92. The first-order valence-electron chi connectivity index (χ1n) is 4.21. The summed E-state index contributed by atoms with van der Waals surface area (Å²) >= 11 is 0. The van der Waals surface area contributed by atoms with Gasteiger partial charge in [-0.2, -0.15) is 0 Å². The molecule has 3 heteroatoms. The van der Waals surface area contributed by atoms with E-state index in [0.29, 0.717) is 11.3 Å². The maximum Gasteiger partial charge on any atom is 0.150 e. The highest BCUT2D eigenvalue weighted by Gasteiger charge is 2.01. The average Bonchev–Trinajstić information content (AvgIpc) is 2.18. The van der Waals surface area contributed by atoms with Gasteiger partial charge in [-0.3, -0.25) is 9.00 Å². The van der Waals surface area contributed by atoms with Crippen molar-refractivity contribution in [2.24, 2.45) is 0 Å². The van der Waals surface area contributed by atoms with E-state index >= 15 is 0 Å². The van der Waals surface area contributed by atoms with Crippen molar-refractivity contribution >= 4 is 17.1 Å².